The van der Waals surface area contributed by atoms with Crippen LogP contribution in [-0.4, -0.2) is 52.1 Å². The van der Waals surface area contributed by atoms with Crippen LogP contribution in [0.25, 0.3) is 10.1 Å². The highest BCUT2D eigenvalue weighted by Crippen LogP contribution is 2.41. The van der Waals surface area contributed by atoms with E-state index in [4.69, 9.17) is 4.74 Å². The van der Waals surface area contributed by atoms with Gasteiger partial charge in [-0.3, -0.25) is 19.3 Å². The van der Waals surface area contributed by atoms with Gasteiger partial charge in [-0.05, 0) is 46.7 Å². The second-order valence-electron chi connectivity index (χ2n) is 8.10. The number of thiophene rings is 1. The molecular formula is C25H20N2O6S4. The lowest BCUT2D eigenvalue weighted by Crippen LogP contribution is -2.70. The molecular weight excluding hydrogens is 553 g/mol. The van der Waals surface area contributed by atoms with Crippen molar-refractivity contribution in [2.24, 2.45) is 0 Å². The number of carbonyl (C=O) groups excluding carboxylic acids is 2. The normalized spacial score (nSPS) is 19.2. The first kappa shape index (κ1) is 25.6. The maximum atomic E-state index is 12.8. The molecule has 37 heavy (non-hydrogen) atoms. The van der Waals surface area contributed by atoms with Crippen LogP contribution in [0, 0.1) is 0 Å². The Balaban J connectivity index is 1.30. The number of β-lactam (4-membered cyclic amide) rings is 1. The van der Waals surface area contributed by atoms with Crippen LogP contribution >= 0.6 is 46.2 Å². The summed E-state index contributed by atoms with van der Waals surface area (Å²) in [5, 5.41) is 16.4. The lowest BCUT2D eigenvalue weighted by Gasteiger charge is -2.49. The zero-order chi connectivity index (χ0) is 26.1. The van der Waals surface area contributed by atoms with Crippen molar-refractivity contribution in [3.05, 3.63) is 79.6 Å². The Hall–Kier alpha value is -3.06. The number of thioether (sulfide) groups is 2. The number of amides is 2. The standard InChI is InChI=1S/C25H20N2O6S4/c1-33-14-4-5-16-17(28)11-20(37-18(16)9-14)35-8-6-13-12-36-24-21(23(30)27(24)22(13)25(31)32)26-19(29)10-15-3-2-7-34-15/h2-9,11,21,24H,10,12H2,1H3,(H,26,29)(H,31,32)/t21?,24-/m1/s1. The Bertz CT molecular complexity index is 1510. The van der Waals surface area contributed by atoms with E-state index in [0.29, 0.717) is 22.5 Å². The number of fused-ring (bicyclic) bond motifs is 2. The van der Waals surface area contributed by atoms with Gasteiger partial charge in [-0.1, -0.05) is 17.8 Å². The average molecular weight is 573 g/mol. The number of ether oxygens (including phenoxy) is 1. The van der Waals surface area contributed by atoms with Gasteiger partial charge in [-0.15, -0.1) is 34.4 Å². The van der Waals surface area contributed by atoms with Gasteiger partial charge in [0.05, 0.1) is 17.7 Å². The second-order valence-corrected chi connectivity index (χ2v) is 12.5. The molecule has 2 amide bonds. The molecule has 1 saturated heterocycles. The molecule has 2 aliphatic heterocycles. The maximum Gasteiger partial charge on any atom is 0.352 e. The van der Waals surface area contributed by atoms with E-state index in [-0.39, 0.29) is 23.5 Å². The van der Waals surface area contributed by atoms with Gasteiger partial charge in [0.2, 0.25) is 5.91 Å². The highest BCUT2D eigenvalue weighted by molar-refractivity contribution is 8.04. The topological polar surface area (TPSA) is 113 Å². The first-order valence-electron chi connectivity index (χ1n) is 11.0. The molecule has 2 aliphatic rings. The van der Waals surface area contributed by atoms with E-state index in [9.17, 15) is 24.3 Å². The Kier molecular flexibility index (Phi) is 7.43. The molecule has 2 aromatic heterocycles. The molecule has 12 heteroatoms. The van der Waals surface area contributed by atoms with Crippen molar-refractivity contribution in [1.82, 2.24) is 10.2 Å². The summed E-state index contributed by atoms with van der Waals surface area (Å²) in [6, 6.07) is 9.79. The first-order valence-corrected chi connectivity index (χ1v) is 14.7. The van der Waals surface area contributed by atoms with Crippen LogP contribution in [0.3, 0.4) is 0 Å². The molecule has 1 unspecified atom stereocenters. The van der Waals surface area contributed by atoms with Gasteiger partial charge < -0.3 is 15.2 Å². The van der Waals surface area contributed by atoms with Crippen LogP contribution in [-0.2, 0) is 20.8 Å². The van der Waals surface area contributed by atoms with Crippen LogP contribution in [0.5, 0.6) is 5.75 Å². The molecule has 1 fully saturated rings. The van der Waals surface area contributed by atoms with Crippen molar-refractivity contribution >= 4 is 74.1 Å². The molecule has 0 aliphatic carbocycles. The van der Waals surface area contributed by atoms with Gasteiger partial charge in [-0.25, -0.2) is 4.79 Å². The lowest BCUT2D eigenvalue weighted by atomic mass is 10.0. The van der Waals surface area contributed by atoms with E-state index < -0.39 is 23.3 Å². The Morgan fingerprint density at radius 1 is 1.27 bits per heavy atom. The van der Waals surface area contributed by atoms with Gasteiger partial charge in [0.25, 0.3) is 5.91 Å². The number of carboxylic acids is 1. The van der Waals surface area contributed by atoms with E-state index >= 15 is 0 Å². The van der Waals surface area contributed by atoms with E-state index in [1.165, 1.54) is 51.1 Å². The highest BCUT2D eigenvalue weighted by Gasteiger charge is 2.53. The van der Waals surface area contributed by atoms with Crippen molar-refractivity contribution < 1.29 is 24.2 Å². The summed E-state index contributed by atoms with van der Waals surface area (Å²) in [7, 11) is 1.57. The lowest BCUT2D eigenvalue weighted by molar-refractivity contribution is -0.150. The quantitative estimate of drug-likeness (QED) is 0.309. The number of hydrogen-bond acceptors (Lipinski definition) is 9. The van der Waals surface area contributed by atoms with Crippen LogP contribution in [0.4, 0.5) is 0 Å². The number of nitrogens with one attached hydrogen (secondary N) is 1. The van der Waals surface area contributed by atoms with Gasteiger partial charge >= 0.3 is 5.97 Å². The molecule has 190 valence electrons. The number of rotatable bonds is 8. The summed E-state index contributed by atoms with van der Waals surface area (Å²) in [5.74, 6) is -0.874. The van der Waals surface area contributed by atoms with Crippen LogP contribution < -0.4 is 15.5 Å². The summed E-state index contributed by atoms with van der Waals surface area (Å²) >= 11 is 5.61. The molecule has 8 nitrogen and oxygen atoms in total. The van der Waals surface area contributed by atoms with Gasteiger partial charge in [0, 0.05) is 26.8 Å². The summed E-state index contributed by atoms with van der Waals surface area (Å²) in [6.07, 6.45) is 1.85. The number of benzene rings is 1. The minimum Gasteiger partial charge on any atom is -0.497 e. The fraction of sp³-hybridized carbons (Fsp3) is 0.200. The van der Waals surface area contributed by atoms with Gasteiger partial charge in [-0.2, -0.15) is 0 Å². The second kappa shape index (κ2) is 10.7. The van der Waals surface area contributed by atoms with E-state index in [1.54, 1.807) is 36.8 Å². The summed E-state index contributed by atoms with van der Waals surface area (Å²) in [5.41, 5.74) is 0.311. The van der Waals surface area contributed by atoms with Crippen LogP contribution in [0.1, 0.15) is 4.88 Å². The van der Waals surface area contributed by atoms with Crippen LogP contribution in [0.2, 0.25) is 0 Å². The Morgan fingerprint density at radius 3 is 2.84 bits per heavy atom. The van der Waals surface area contributed by atoms with Gasteiger partial charge in [0.15, 0.2) is 5.43 Å². The third-order valence-corrected chi connectivity index (χ3v) is 10.0. The fourth-order valence-electron chi connectivity index (χ4n) is 4.05. The molecule has 4 heterocycles. The SMILES string of the molecule is COc1ccc2c(=O)cc(SC=CC3=C(C(=O)O)N4C(=O)C(NC(=O)Cc5cccs5)[C@H]4SC3)sc2c1. The third kappa shape index (κ3) is 5.19. The van der Waals surface area contributed by atoms with E-state index in [2.05, 4.69) is 5.32 Å². The Labute approximate surface area is 228 Å². The largest absolute Gasteiger partial charge is 0.497 e. The monoisotopic (exact) mass is 572 g/mol. The molecule has 0 spiro atoms. The summed E-state index contributed by atoms with van der Waals surface area (Å²) < 4.78 is 6.79. The van der Waals surface area contributed by atoms with Crippen molar-refractivity contribution in [3.63, 3.8) is 0 Å². The number of carboxylic acid groups (broad SMARTS) is 1. The molecule has 1 aromatic carbocycles. The number of aliphatic carboxylic acids is 1. The molecule has 5 rings (SSSR count). The number of allylic oxidation sites excluding steroid dienone is 1. The average Bonchev–Trinajstić information content (AvgIpc) is 3.39. The molecule has 2 N–H and O–H groups in total. The fourth-order valence-corrected chi connectivity index (χ4v) is 8.08. The number of hydrogen-bond donors (Lipinski definition) is 2. The minimum absolute atomic E-state index is 0.0780. The number of methoxy groups -OCH3 is 1. The third-order valence-electron chi connectivity index (χ3n) is 5.80. The van der Waals surface area contributed by atoms with Gasteiger partial charge in [0.1, 0.15) is 22.9 Å². The maximum absolute atomic E-state index is 12.8. The predicted molar refractivity (Wildman–Crippen MR) is 147 cm³/mol. The molecule has 0 saturated carbocycles. The summed E-state index contributed by atoms with van der Waals surface area (Å²) in [6.45, 7) is 0. The van der Waals surface area contributed by atoms with Crippen molar-refractivity contribution in [2.45, 2.75) is 22.0 Å². The van der Waals surface area contributed by atoms with E-state index in [1.807, 2.05) is 23.6 Å². The van der Waals surface area contributed by atoms with Crippen LogP contribution in [0.15, 0.2) is 73.5 Å². The first-order chi connectivity index (χ1) is 17.9. The zero-order valence-electron chi connectivity index (χ0n) is 19.3. The van der Waals surface area contributed by atoms with Crippen molar-refractivity contribution in [2.75, 3.05) is 12.9 Å². The Morgan fingerprint density at radius 2 is 2.11 bits per heavy atom. The zero-order valence-corrected chi connectivity index (χ0v) is 22.6. The minimum atomic E-state index is -1.20. The number of carbonyl (C=O) groups is 3. The van der Waals surface area contributed by atoms with Crippen molar-refractivity contribution in [1.29, 1.82) is 0 Å². The number of nitrogens with zero attached hydrogens (tertiary/aromatic N) is 1. The summed E-state index contributed by atoms with van der Waals surface area (Å²) in [4.78, 5) is 51.9. The molecule has 3 aromatic rings. The molecule has 0 bridgehead atoms. The van der Waals surface area contributed by atoms with Crippen molar-refractivity contribution in [3.8, 4) is 5.75 Å². The predicted octanol–water partition coefficient (Wildman–Crippen LogP) is 3.92. The smallest absolute Gasteiger partial charge is 0.352 e. The highest BCUT2D eigenvalue weighted by atomic mass is 32.2. The van der Waals surface area contributed by atoms with E-state index in [0.717, 1.165) is 13.8 Å². The molecule has 2 atom stereocenters. The molecule has 0 radical (unpaired) electrons.